The van der Waals surface area contributed by atoms with Crippen LogP contribution in [0, 0.1) is 29.1 Å². The van der Waals surface area contributed by atoms with Crippen molar-refractivity contribution in [2.75, 3.05) is 52.4 Å². The Balaban J connectivity index is 1.48. The monoisotopic (exact) mass is 579 g/mol. The van der Waals surface area contributed by atoms with Crippen LogP contribution in [0.5, 0.6) is 17.2 Å². The second kappa shape index (κ2) is 10.9. The molecule has 206 valence electrons. The maximum Gasteiger partial charge on any atom is 0.249 e. The van der Waals surface area contributed by atoms with Crippen LogP contribution in [-0.2, 0) is 16.4 Å². The van der Waals surface area contributed by atoms with Crippen molar-refractivity contribution in [2.45, 2.75) is 11.3 Å². The topological polar surface area (TPSA) is 81.2 Å². The van der Waals surface area contributed by atoms with Crippen LogP contribution in [0.4, 0.5) is 27.1 Å². The molecule has 1 fully saturated rings. The average Bonchev–Trinajstić information content (AvgIpc) is 3.38. The molecular formula is C23H22F5N3O5S2. The summed E-state index contributed by atoms with van der Waals surface area (Å²) in [7, 11) is -0.470. The molecule has 3 aromatic rings. The zero-order chi connectivity index (χ0) is 27.8. The van der Waals surface area contributed by atoms with Gasteiger partial charge in [0.15, 0.2) is 44.8 Å². The van der Waals surface area contributed by atoms with Crippen molar-refractivity contribution in [3.8, 4) is 17.2 Å². The number of piperazine rings is 1. The Morgan fingerprint density at radius 2 is 1.37 bits per heavy atom. The Morgan fingerprint density at radius 3 is 1.87 bits per heavy atom. The van der Waals surface area contributed by atoms with Crippen molar-refractivity contribution in [1.82, 2.24) is 9.29 Å². The molecule has 0 amide bonds. The van der Waals surface area contributed by atoms with Crippen LogP contribution in [0.3, 0.4) is 0 Å². The number of anilines is 1. The SMILES string of the molecule is COc1cc(Cc2csc(N3CCN(S(=O)(=O)c4c(F)c(F)c(F)c(F)c4F)CC3)n2)cc(OC)c1OC. The fourth-order valence-electron chi connectivity index (χ4n) is 4.03. The van der Waals surface area contributed by atoms with Gasteiger partial charge in [0.1, 0.15) is 0 Å². The van der Waals surface area contributed by atoms with E-state index in [1.807, 2.05) is 5.38 Å². The molecule has 1 aliphatic rings. The van der Waals surface area contributed by atoms with Gasteiger partial charge in [0.05, 0.1) is 27.0 Å². The average molecular weight is 580 g/mol. The van der Waals surface area contributed by atoms with Crippen LogP contribution < -0.4 is 19.1 Å². The van der Waals surface area contributed by atoms with Gasteiger partial charge in [0.25, 0.3) is 0 Å². The minimum absolute atomic E-state index is 0.0890. The highest BCUT2D eigenvalue weighted by molar-refractivity contribution is 7.89. The largest absolute Gasteiger partial charge is 0.493 e. The number of sulfonamides is 1. The number of rotatable bonds is 8. The minimum atomic E-state index is -4.99. The van der Waals surface area contributed by atoms with Crippen LogP contribution in [0.15, 0.2) is 22.4 Å². The molecule has 0 spiro atoms. The molecule has 38 heavy (non-hydrogen) atoms. The van der Waals surface area contributed by atoms with Crippen LogP contribution in [-0.4, -0.2) is 65.2 Å². The summed E-state index contributed by atoms with van der Waals surface area (Å²) in [5.74, 6) is -10.4. The third kappa shape index (κ3) is 4.97. The zero-order valence-corrected chi connectivity index (χ0v) is 22.0. The molecule has 1 aliphatic heterocycles. The lowest BCUT2D eigenvalue weighted by molar-refractivity contribution is 0.324. The number of aromatic nitrogens is 1. The predicted octanol–water partition coefficient (Wildman–Crippen LogP) is 3.97. The summed E-state index contributed by atoms with van der Waals surface area (Å²) in [6.45, 7) is -0.315. The van der Waals surface area contributed by atoms with Gasteiger partial charge in [-0.15, -0.1) is 11.3 Å². The summed E-state index contributed by atoms with van der Waals surface area (Å²) < 4.78 is 111. The van der Waals surface area contributed by atoms with Crippen molar-refractivity contribution in [3.05, 3.63) is 57.9 Å². The van der Waals surface area contributed by atoms with E-state index < -0.39 is 44.0 Å². The summed E-state index contributed by atoms with van der Waals surface area (Å²) in [6, 6.07) is 3.59. The lowest BCUT2D eigenvalue weighted by Gasteiger charge is -2.33. The van der Waals surface area contributed by atoms with Gasteiger partial charge in [-0.2, -0.15) is 4.31 Å². The molecule has 0 atom stereocenters. The fourth-order valence-corrected chi connectivity index (χ4v) is 6.44. The van der Waals surface area contributed by atoms with Crippen molar-refractivity contribution < 1.29 is 44.6 Å². The molecule has 0 bridgehead atoms. The van der Waals surface area contributed by atoms with E-state index in [1.54, 1.807) is 17.0 Å². The van der Waals surface area contributed by atoms with Gasteiger partial charge < -0.3 is 19.1 Å². The van der Waals surface area contributed by atoms with Gasteiger partial charge in [-0.25, -0.2) is 35.4 Å². The second-order valence-electron chi connectivity index (χ2n) is 8.12. The summed E-state index contributed by atoms with van der Waals surface area (Å²) >= 11 is 1.32. The molecule has 15 heteroatoms. The summed E-state index contributed by atoms with van der Waals surface area (Å²) in [4.78, 5) is 4.51. The lowest BCUT2D eigenvalue weighted by Crippen LogP contribution is -2.49. The van der Waals surface area contributed by atoms with Crippen LogP contribution >= 0.6 is 11.3 Å². The first kappa shape index (κ1) is 27.9. The van der Waals surface area contributed by atoms with Crippen molar-refractivity contribution >= 4 is 26.5 Å². The summed E-state index contributed by atoms with van der Waals surface area (Å²) in [6.07, 6.45) is 0.432. The molecule has 0 aliphatic carbocycles. The van der Waals surface area contributed by atoms with Crippen LogP contribution in [0.25, 0.3) is 0 Å². The fraction of sp³-hybridized carbons (Fsp3) is 0.348. The van der Waals surface area contributed by atoms with Gasteiger partial charge >= 0.3 is 0 Å². The van der Waals surface area contributed by atoms with Gasteiger partial charge in [-0.05, 0) is 17.7 Å². The normalized spacial score (nSPS) is 14.6. The Bertz CT molecular complexity index is 1410. The quantitative estimate of drug-likeness (QED) is 0.227. The van der Waals surface area contributed by atoms with Gasteiger partial charge in [-0.1, -0.05) is 0 Å². The van der Waals surface area contributed by atoms with Crippen molar-refractivity contribution in [3.63, 3.8) is 0 Å². The van der Waals surface area contributed by atoms with E-state index >= 15 is 0 Å². The Hall–Kier alpha value is -3.17. The van der Waals surface area contributed by atoms with E-state index in [2.05, 4.69) is 4.98 Å². The molecule has 0 radical (unpaired) electrons. The first-order valence-electron chi connectivity index (χ1n) is 11.0. The highest BCUT2D eigenvalue weighted by Gasteiger charge is 2.38. The van der Waals surface area contributed by atoms with Crippen LogP contribution in [0.1, 0.15) is 11.3 Å². The first-order valence-corrected chi connectivity index (χ1v) is 13.3. The maximum absolute atomic E-state index is 14.1. The molecule has 0 saturated carbocycles. The van der Waals surface area contributed by atoms with E-state index in [1.165, 1.54) is 32.7 Å². The maximum atomic E-state index is 14.1. The molecule has 1 saturated heterocycles. The molecule has 2 heterocycles. The smallest absolute Gasteiger partial charge is 0.249 e. The third-order valence-corrected chi connectivity index (χ3v) is 8.80. The number of benzene rings is 2. The van der Waals surface area contributed by atoms with E-state index in [4.69, 9.17) is 14.2 Å². The van der Waals surface area contributed by atoms with Crippen LogP contribution in [0.2, 0.25) is 0 Å². The van der Waals surface area contributed by atoms with E-state index in [0.717, 1.165) is 11.3 Å². The van der Waals surface area contributed by atoms with Gasteiger partial charge in [0, 0.05) is 38.0 Å². The molecule has 4 rings (SSSR count). The van der Waals surface area contributed by atoms with E-state index in [0.29, 0.717) is 33.1 Å². The number of thiazole rings is 1. The van der Waals surface area contributed by atoms with E-state index in [-0.39, 0.29) is 26.2 Å². The number of hydrogen-bond donors (Lipinski definition) is 0. The van der Waals surface area contributed by atoms with Crippen molar-refractivity contribution in [1.29, 1.82) is 0 Å². The number of hydrogen-bond acceptors (Lipinski definition) is 8. The molecule has 2 aromatic carbocycles. The predicted molar refractivity (Wildman–Crippen MR) is 128 cm³/mol. The van der Waals surface area contributed by atoms with Gasteiger partial charge in [0.2, 0.25) is 21.6 Å². The highest BCUT2D eigenvalue weighted by atomic mass is 32.2. The highest BCUT2D eigenvalue weighted by Crippen LogP contribution is 2.39. The molecular weight excluding hydrogens is 557 g/mol. The number of ether oxygens (including phenoxy) is 3. The van der Waals surface area contributed by atoms with E-state index in [9.17, 15) is 30.4 Å². The second-order valence-corrected chi connectivity index (χ2v) is 10.8. The summed E-state index contributed by atoms with van der Waals surface area (Å²) in [5.41, 5.74) is 1.56. The Labute approximate surface area is 219 Å². The standard InChI is InChI=1S/C23H22F5N3O5S2/c1-34-14-9-12(10-15(35-2)21(14)36-3)8-13-11-37-23(29-13)30-4-6-31(7-5-30)38(32,33)22-19(27)17(25)16(24)18(26)20(22)28/h9-11H,4-8H2,1-3H3. The van der Waals surface area contributed by atoms with Gasteiger partial charge in [-0.3, -0.25) is 0 Å². The minimum Gasteiger partial charge on any atom is -0.493 e. The Morgan fingerprint density at radius 1 is 0.842 bits per heavy atom. The van der Waals surface area contributed by atoms with Crippen molar-refractivity contribution in [2.24, 2.45) is 0 Å². The molecule has 0 N–H and O–H groups in total. The third-order valence-electron chi connectivity index (χ3n) is 5.93. The summed E-state index contributed by atoms with van der Waals surface area (Å²) in [5, 5.41) is 2.41. The first-order chi connectivity index (χ1) is 18.0. The molecule has 0 unspecified atom stereocenters. The molecule has 1 aromatic heterocycles. The number of methoxy groups -OCH3 is 3. The number of nitrogens with zero attached hydrogens (tertiary/aromatic N) is 3. The lowest BCUT2D eigenvalue weighted by atomic mass is 10.1. The Kier molecular flexibility index (Phi) is 7.99. The number of halogens is 5. The molecule has 8 nitrogen and oxygen atoms in total. The zero-order valence-electron chi connectivity index (χ0n) is 20.4.